The molecular formula is C6H15N3O. The highest BCUT2D eigenvalue weighted by molar-refractivity contribution is 5.81. The van der Waals surface area contributed by atoms with Crippen LogP contribution in [0.25, 0.3) is 0 Å². The predicted molar refractivity (Wildman–Crippen MR) is 40.6 cm³/mol. The maximum Gasteiger partial charge on any atom is 0.238 e. The number of carbonyl (C=O) groups is 1. The Hall–Kier alpha value is -0.610. The van der Waals surface area contributed by atoms with E-state index in [1.54, 1.807) is 7.05 Å². The summed E-state index contributed by atoms with van der Waals surface area (Å²) < 4.78 is 0. The summed E-state index contributed by atoms with van der Waals surface area (Å²) in [5.41, 5.74) is 5.44. The zero-order valence-corrected chi connectivity index (χ0v) is 6.48. The van der Waals surface area contributed by atoms with Crippen LogP contribution in [0.15, 0.2) is 0 Å². The number of rotatable bonds is 4. The molecule has 60 valence electrons. The first-order chi connectivity index (χ1) is 4.72. The molecule has 0 aliphatic carbocycles. The molecule has 0 bridgehead atoms. The molecule has 0 radical (unpaired) electrons. The number of hydrogen-bond acceptors (Lipinski definition) is 3. The predicted octanol–water partition coefficient (Wildman–Crippen LogP) is -1.33. The van der Waals surface area contributed by atoms with Crippen LogP contribution in [-0.2, 0) is 4.79 Å². The highest BCUT2D eigenvalue weighted by Crippen LogP contribution is 1.74. The fourth-order valence-corrected chi connectivity index (χ4v) is 0.618. The second kappa shape index (κ2) is 5.20. The first-order valence-corrected chi connectivity index (χ1v) is 3.40. The van der Waals surface area contributed by atoms with Crippen LogP contribution in [0.2, 0.25) is 0 Å². The molecule has 4 nitrogen and oxygen atoms in total. The second-order valence-electron chi connectivity index (χ2n) is 2.06. The molecule has 1 atom stereocenters. The molecule has 1 amide bonds. The Bertz CT molecular complexity index is 105. The molecule has 0 spiro atoms. The van der Waals surface area contributed by atoms with Gasteiger partial charge in [-0.1, -0.05) is 0 Å². The molecule has 1 unspecified atom stereocenters. The Kier molecular flexibility index (Phi) is 4.88. The van der Waals surface area contributed by atoms with Crippen LogP contribution < -0.4 is 16.4 Å². The molecule has 0 saturated heterocycles. The molecule has 0 aliphatic heterocycles. The number of likely N-dealkylation sites (N-methyl/N-ethyl adjacent to an activating group) is 2. The maximum atomic E-state index is 10.9. The van der Waals surface area contributed by atoms with E-state index in [0.717, 1.165) is 0 Å². The van der Waals surface area contributed by atoms with Crippen LogP contribution in [-0.4, -0.2) is 32.1 Å². The summed E-state index contributed by atoms with van der Waals surface area (Å²) in [5, 5.41) is 5.45. The van der Waals surface area contributed by atoms with Gasteiger partial charge in [-0.05, 0) is 14.0 Å². The lowest BCUT2D eigenvalue weighted by atomic mass is 10.3. The maximum absolute atomic E-state index is 10.9. The minimum atomic E-state index is -0.426. The van der Waals surface area contributed by atoms with Crippen molar-refractivity contribution in [1.82, 2.24) is 10.6 Å². The standard InChI is InChI=1S/C6H15N3O/c1-3-9-6(10)5(7)4-8-2/h5,8H,3-4,7H2,1-2H3,(H,9,10). The monoisotopic (exact) mass is 145 g/mol. The lowest BCUT2D eigenvalue weighted by Crippen LogP contribution is -2.45. The van der Waals surface area contributed by atoms with Gasteiger partial charge in [-0.25, -0.2) is 0 Å². The largest absolute Gasteiger partial charge is 0.355 e. The van der Waals surface area contributed by atoms with E-state index < -0.39 is 6.04 Å². The van der Waals surface area contributed by atoms with Crippen LogP contribution in [0.3, 0.4) is 0 Å². The van der Waals surface area contributed by atoms with Crippen LogP contribution in [0.5, 0.6) is 0 Å². The highest BCUT2D eigenvalue weighted by Gasteiger charge is 2.09. The molecular weight excluding hydrogens is 130 g/mol. The van der Waals surface area contributed by atoms with Gasteiger partial charge in [-0.15, -0.1) is 0 Å². The van der Waals surface area contributed by atoms with Gasteiger partial charge in [0.1, 0.15) is 0 Å². The van der Waals surface area contributed by atoms with E-state index in [-0.39, 0.29) is 5.91 Å². The van der Waals surface area contributed by atoms with E-state index in [1.165, 1.54) is 0 Å². The Balaban J connectivity index is 3.49. The summed E-state index contributed by atoms with van der Waals surface area (Å²) >= 11 is 0. The number of nitrogens with one attached hydrogen (secondary N) is 2. The molecule has 0 aromatic rings. The molecule has 10 heavy (non-hydrogen) atoms. The van der Waals surface area contributed by atoms with Crippen molar-refractivity contribution in [2.24, 2.45) is 5.73 Å². The molecule has 0 rings (SSSR count). The lowest BCUT2D eigenvalue weighted by molar-refractivity contribution is -0.122. The quantitative estimate of drug-likeness (QED) is 0.459. The average Bonchev–Trinajstić information content (AvgIpc) is 1.89. The number of hydrogen-bond donors (Lipinski definition) is 3. The molecule has 0 aliphatic rings. The van der Waals surface area contributed by atoms with Gasteiger partial charge in [0.05, 0.1) is 6.04 Å². The van der Waals surface area contributed by atoms with E-state index in [9.17, 15) is 4.79 Å². The van der Waals surface area contributed by atoms with Gasteiger partial charge >= 0.3 is 0 Å². The van der Waals surface area contributed by atoms with E-state index in [0.29, 0.717) is 13.1 Å². The van der Waals surface area contributed by atoms with E-state index in [2.05, 4.69) is 10.6 Å². The molecule has 0 fully saturated rings. The van der Waals surface area contributed by atoms with Crippen molar-refractivity contribution in [3.8, 4) is 0 Å². The van der Waals surface area contributed by atoms with Gasteiger partial charge < -0.3 is 16.4 Å². The summed E-state index contributed by atoms with van der Waals surface area (Å²) in [7, 11) is 1.76. The van der Waals surface area contributed by atoms with Crippen molar-refractivity contribution in [2.45, 2.75) is 13.0 Å². The lowest BCUT2D eigenvalue weighted by Gasteiger charge is -2.09. The fraction of sp³-hybridized carbons (Fsp3) is 0.833. The normalized spacial score (nSPS) is 12.7. The number of carbonyl (C=O) groups excluding carboxylic acids is 1. The van der Waals surface area contributed by atoms with Gasteiger partial charge in [0.25, 0.3) is 0 Å². The van der Waals surface area contributed by atoms with Gasteiger partial charge in [0, 0.05) is 13.1 Å². The van der Waals surface area contributed by atoms with Crippen molar-refractivity contribution in [3.63, 3.8) is 0 Å². The minimum absolute atomic E-state index is 0.100. The first-order valence-electron chi connectivity index (χ1n) is 3.40. The van der Waals surface area contributed by atoms with Gasteiger partial charge in [0.2, 0.25) is 5.91 Å². The van der Waals surface area contributed by atoms with Gasteiger partial charge in [-0.2, -0.15) is 0 Å². The zero-order valence-electron chi connectivity index (χ0n) is 6.48. The minimum Gasteiger partial charge on any atom is -0.355 e. The summed E-state index contributed by atoms with van der Waals surface area (Å²) in [5.74, 6) is -0.100. The fourth-order valence-electron chi connectivity index (χ4n) is 0.618. The van der Waals surface area contributed by atoms with Crippen molar-refractivity contribution >= 4 is 5.91 Å². The van der Waals surface area contributed by atoms with Gasteiger partial charge in [0.15, 0.2) is 0 Å². The molecule has 0 saturated carbocycles. The van der Waals surface area contributed by atoms with Gasteiger partial charge in [-0.3, -0.25) is 4.79 Å². The van der Waals surface area contributed by atoms with Crippen LogP contribution in [0, 0.1) is 0 Å². The Morgan fingerprint density at radius 1 is 1.70 bits per heavy atom. The van der Waals surface area contributed by atoms with Crippen molar-refractivity contribution < 1.29 is 4.79 Å². The van der Waals surface area contributed by atoms with Crippen LogP contribution in [0.4, 0.5) is 0 Å². The van der Waals surface area contributed by atoms with Crippen LogP contribution in [0.1, 0.15) is 6.92 Å². The van der Waals surface area contributed by atoms with Crippen LogP contribution >= 0.6 is 0 Å². The summed E-state index contributed by atoms with van der Waals surface area (Å²) in [6, 6.07) is -0.426. The SMILES string of the molecule is CCNC(=O)C(N)CNC. The highest BCUT2D eigenvalue weighted by atomic mass is 16.2. The summed E-state index contributed by atoms with van der Waals surface area (Å²) in [4.78, 5) is 10.9. The first kappa shape index (κ1) is 9.39. The van der Waals surface area contributed by atoms with Crippen molar-refractivity contribution in [1.29, 1.82) is 0 Å². The zero-order chi connectivity index (χ0) is 7.98. The van der Waals surface area contributed by atoms with Crippen molar-refractivity contribution in [2.75, 3.05) is 20.1 Å². The Labute approximate surface area is 61.2 Å². The molecule has 0 heterocycles. The second-order valence-corrected chi connectivity index (χ2v) is 2.06. The third-order valence-electron chi connectivity index (χ3n) is 1.11. The third-order valence-corrected chi connectivity index (χ3v) is 1.11. The summed E-state index contributed by atoms with van der Waals surface area (Å²) in [6.07, 6.45) is 0. The average molecular weight is 145 g/mol. The van der Waals surface area contributed by atoms with E-state index in [4.69, 9.17) is 5.73 Å². The third kappa shape index (κ3) is 3.42. The Morgan fingerprint density at radius 3 is 2.70 bits per heavy atom. The Morgan fingerprint density at radius 2 is 2.30 bits per heavy atom. The van der Waals surface area contributed by atoms with E-state index >= 15 is 0 Å². The molecule has 4 heteroatoms. The topological polar surface area (TPSA) is 67.2 Å². The number of nitrogens with two attached hydrogens (primary N) is 1. The molecule has 4 N–H and O–H groups in total. The summed E-state index contributed by atoms with van der Waals surface area (Å²) in [6.45, 7) is 3.02. The molecule has 0 aromatic carbocycles. The molecule has 0 aromatic heterocycles. The van der Waals surface area contributed by atoms with E-state index in [1.807, 2.05) is 6.92 Å². The smallest absolute Gasteiger partial charge is 0.238 e. The van der Waals surface area contributed by atoms with Crippen molar-refractivity contribution in [3.05, 3.63) is 0 Å². The number of amides is 1.